The second-order valence-electron chi connectivity index (χ2n) is 3.16. The highest BCUT2D eigenvalue weighted by molar-refractivity contribution is 6.20. The van der Waals surface area contributed by atoms with Crippen LogP contribution in [0, 0.1) is 0 Å². The molecule has 0 aromatic heterocycles. The van der Waals surface area contributed by atoms with Crippen LogP contribution in [0.15, 0.2) is 23.2 Å². The molecule has 0 spiro atoms. The maximum absolute atomic E-state index is 11.3. The van der Waals surface area contributed by atoms with Crippen molar-refractivity contribution in [2.75, 3.05) is 0 Å². The van der Waals surface area contributed by atoms with Crippen LogP contribution in [0.3, 0.4) is 0 Å². The van der Waals surface area contributed by atoms with Gasteiger partial charge in [-0.3, -0.25) is 9.59 Å². The smallest absolute Gasteiger partial charge is 0.227 e. The standard InChI is InChI=1S/C10H12O4/c1-2-3-4-6-5-7(11)9(13)10(14)8(6)12/h5,13-14H,2-4H2,1H3. The maximum atomic E-state index is 11.3. The molecule has 76 valence electrons. The van der Waals surface area contributed by atoms with E-state index in [1.165, 1.54) is 0 Å². The van der Waals surface area contributed by atoms with E-state index in [1.54, 1.807) is 0 Å². The van der Waals surface area contributed by atoms with Crippen LogP contribution in [-0.4, -0.2) is 21.8 Å². The van der Waals surface area contributed by atoms with E-state index in [0.29, 0.717) is 6.42 Å². The van der Waals surface area contributed by atoms with Gasteiger partial charge in [-0.05, 0) is 18.9 Å². The molecule has 0 saturated heterocycles. The van der Waals surface area contributed by atoms with E-state index >= 15 is 0 Å². The summed E-state index contributed by atoms with van der Waals surface area (Å²) >= 11 is 0. The average Bonchev–Trinajstić information content (AvgIpc) is 2.18. The molecule has 0 bridgehead atoms. The first-order valence-corrected chi connectivity index (χ1v) is 4.49. The molecule has 1 aliphatic rings. The van der Waals surface area contributed by atoms with Crippen LogP contribution >= 0.6 is 0 Å². The van der Waals surface area contributed by atoms with Gasteiger partial charge in [0, 0.05) is 5.57 Å². The fraction of sp³-hybridized carbons (Fsp3) is 0.400. The number of ketones is 2. The first-order valence-electron chi connectivity index (χ1n) is 4.49. The number of hydrogen-bond acceptors (Lipinski definition) is 4. The Bertz CT molecular complexity index is 336. The average molecular weight is 196 g/mol. The largest absolute Gasteiger partial charge is 0.501 e. The van der Waals surface area contributed by atoms with E-state index in [4.69, 9.17) is 10.2 Å². The van der Waals surface area contributed by atoms with Crippen molar-refractivity contribution in [1.82, 2.24) is 0 Å². The summed E-state index contributed by atoms with van der Waals surface area (Å²) in [5.74, 6) is -3.03. The molecule has 0 saturated carbocycles. The van der Waals surface area contributed by atoms with Gasteiger partial charge in [0.25, 0.3) is 0 Å². The van der Waals surface area contributed by atoms with Gasteiger partial charge >= 0.3 is 0 Å². The molecule has 0 amide bonds. The van der Waals surface area contributed by atoms with Gasteiger partial charge in [-0.2, -0.15) is 0 Å². The summed E-state index contributed by atoms with van der Waals surface area (Å²) in [6.45, 7) is 1.96. The van der Waals surface area contributed by atoms with Crippen LogP contribution in [0.5, 0.6) is 0 Å². The lowest BCUT2D eigenvalue weighted by Gasteiger charge is -2.10. The van der Waals surface area contributed by atoms with Crippen molar-refractivity contribution >= 4 is 11.6 Å². The molecule has 0 radical (unpaired) electrons. The summed E-state index contributed by atoms with van der Waals surface area (Å²) in [5.41, 5.74) is 0.271. The number of allylic oxidation sites excluding steroid dienone is 2. The quantitative estimate of drug-likeness (QED) is 0.672. The zero-order valence-electron chi connectivity index (χ0n) is 7.91. The number of aliphatic hydroxyl groups excluding tert-OH is 2. The number of carbonyl (C=O) groups excluding carboxylic acids is 2. The van der Waals surface area contributed by atoms with Crippen LogP contribution in [0.2, 0.25) is 0 Å². The van der Waals surface area contributed by atoms with Crippen molar-refractivity contribution in [2.24, 2.45) is 0 Å². The highest BCUT2D eigenvalue weighted by atomic mass is 16.3. The summed E-state index contributed by atoms with van der Waals surface area (Å²) in [7, 11) is 0. The summed E-state index contributed by atoms with van der Waals surface area (Å²) < 4.78 is 0. The molecule has 1 rings (SSSR count). The predicted octanol–water partition coefficient (Wildman–Crippen LogP) is 1.58. The Hall–Kier alpha value is -1.58. The third kappa shape index (κ3) is 1.84. The minimum absolute atomic E-state index is 0.271. The second-order valence-corrected chi connectivity index (χ2v) is 3.16. The lowest BCUT2D eigenvalue weighted by Crippen LogP contribution is -2.19. The van der Waals surface area contributed by atoms with Crippen molar-refractivity contribution in [3.05, 3.63) is 23.2 Å². The Balaban J connectivity index is 2.86. The molecule has 0 fully saturated rings. The Kier molecular flexibility index (Phi) is 3.06. The topological polar surface area (TPSA) is 74.6 Å². The minimum atomic E-state index is -0.852. The molecule has 2 N–H and O–H groups in total. The van der Waals surface area contributed by atoms with Gasteiger partial charge in [0.05, 0.1) is 0 Å². The molecule has 0 aromatic rings. The fourth-order valence-electron chi connectivity index (χ4n) is 1.22. The van der Waals surface area contributed by atoms with Crippen LogP contribution in [0.4, 0.5) is 0 Å². The SMILES string of the molecule is CCCCC1=CC(=O)C(O)=C(O)C1=O. The van der Waals surface area contributed by atoms with Crippen molar-refractivity contribution in [2.45, 2.75) is 26.2 Å². The van der Waals surface area contributed by atoms with Gasteiger partial charge < -0.3 is 10.2 Å². The summed E-state index contributed by atoms with van der Waals surface area (Å²) in [4.78, 5) is 22.3. The molecule has 4 nitrogen and oxygen atoms in total. The number of carbonyl (C=O) groups is 2. The molecule has 0 aromatic carbocycles. The third-order valence-corrected chi connectivity index (χ3v) is 2.07. The summed E-state index contributed by atoms with van der Waals surface area (Å²) in [5, 5.41) is 18.1. The molecular formula is C10H12O4. The van der Waals surface area contributed by atoms with Crippen LogP contribution in [-0.2, 0) is 9.59 Å². The normalized spacial score (nSPS) is 17.4. The molecule has 0 unspecified atom stereocenters. The van der Waals surface area contributed by atoms with Crippen molar-refractivity contribution in [1.29, 1.82) is 0 Å². The van der Waals surface area contributed by atoms with Crippen molar-refractivity contribution < 1.29 is 19.8 Å². The Morgan fingerprint density at radius 1 is 1.21 bits per heavy atom. The summed E-state index contributed by atoms with van der Waals surface area (Å²) in [6, 6.07) is 0. The van der Waals surface area contributed by atoms with Crippen molar-refractivity contribution in [3.63, 3.8) is 0 Å². The lowest BCUT2D eigenvalue weighted by molar-refractivity contribution is -0.119. The van der Waals surface area contributed by atoms with Gasteiger partial charge in [-0.1, -0.05) is 13.3 Å². The zero-order chi connectivity index (χ0) is 10.7. The van der Waals surface area contributed by atoms with E-state index in [9.17, 15) is 9.59 Å². The van der Waals surface area contributed by atoms with Gasteiger partial charge in [0.2, 0.25) is 23.1 Å². The molecule has 0 heterocycles. The van der Waals surface area contributed by atoms with Gasteiger partial charge in [0.15, 0.2) is 0 Å². The fourth-order valence-corrected chi connectivity index (χ4v) is 1.22. The number of hydrogen-bond donors (Lipinski definition) is 2. The van der Waals surface area contributed by atoms with E-state index < -0.39 is 23.1 Å². The van der Waals surface area contributed by atoms with E-state index in [1.807, 2.05) is 6.92 Å². The van der Waals surface area contributed by atoms with Crippen LogP contribution in [0.1, 0.15) is 26.2 Å². The van der Waals surface area contributed by atoms with Crippen LogP contribution in [0.25, 0.3) is 0 Å². The second kappa shape index (κ2) is 4.09. The van der Waals surface area contributed by atoms with Gasteiger partial charge in [-0.25, -0.2) is 0 Å². The minimum Gasteiger partial charge on any atom is -0.501 e. The number of unbranched alkanes of at least 4 members (excludes halogenated alkanes) is 1. The first kappa shape index (κ1) is 10.5. The van der Waals surface area contributed by atoms with Crippen LogP contribution < -0.4 is 0 Å². The molecule has 0 aliphatic heterocycles. The third-order valence-electron chi connectivity index (χ3n) is 2.07. The Labute approximate surface area is 81.6 Å². The molecule has 4 heteroatoms. The number of rotatable bonds is 3. The van der Waals surface area contributed by atoms with E-state index in [0.717, 1.165) is 18.9 Å². The lowest BCUT2D eigenvalue weighted by atomic mass is 9.96. The summed E-state index contributed by atoms with van der Waals surface area (Å²) in [6.07, 6.45) is 3.22. The molecule has 14 heavy (non-hydrogen) atoms. The Morgan fingerprint density at radius 2 is 1.86 bits per heavy atom. The van der Waals surface area contributed by atoms with E-state index in [-0.39, 0.29) is 5.57 Å². The zero-order valence-corrected chi connectivity index (χ0v) is 7.91. The number of Topliss-reactive ketones (excluding diaryl/α,β-unsaturated/α-hetero) is 1. The maximum Gasteiger partial charge on any atom is 0.227 e. The predicted molar refractivity (Wildman–Crippen MR) is 49.9 cm³/mol. The molecule has 0 atom stereocenters. The Morgan fingerprint density at radius 3 is 2.43 bits per heavy atom. The highest BCUT2D eigenvalue weighted by Crippen LogP contribution is 2.19. The molecule has 1 aliphatic carbocycles. The number of aliphatic hydroxyl groups is 2. The van der Waals surface area contributed by atoms with Gasteiger partial charge in [0.1, 0.15) is 0 Å². The van der Waals surface area contributed by atoms with Gasteiger partial charge in [-0.15, -0.1) is 0 Å². The van der Waals surface area contributed by atoms with Crippen molar-refractivity contribution in [3.8, 4) is 0 Å². The monoisotopic (exact) mass is 196 g/mol. The highest BCUT2D eigenvalue weighted by Gasteiger charge is 2.27. The van der Waals surface area contributed by atoms with E-state index in [2.05, 4.69) is 0 Å². The first-order chi connectivity index (χ1) is 6.57. The molecular weight excluding hydrogens is 184 g/mol.